The predicted octanol–water partition coefficient (Wildman–Crippen LogP) is 0.763. The molecule has 0 aliphatic rings. The summed E-state index contributed by atoms with van der Waals surface area (Å²) in [6, 6.07) is 5.78. The molecule has 0 heterocycles. The maximum absolute atomic E-state index is 12.0. The van der Waals surface area contributed by atoms with Crippen LogP contribution >= 0.6 is 0 Å². The van der Waals surface area contributed by atoms with Crippen molar-refractivity contribution in [2.45, 2.75) is 51.2 Å². The fourth-order valence-corrected chi connectivity index (χ4v) is 2.99. The van der Waals surface area contributed by atoms with Gasteiger partial charge >= 0.3 is 129 Å². The van der Waals surface area contributed by atoms with Crippen molar-refractivity contribution in [3.63, 3.8) is 0 Å². The summed E-state index contributed by atoms with van der Waals surface area (Å²) in [6.45, 7) is 1.61. The van der Waals surface area contributed by atoms with Crippen LogP contribution in [0.15, 0.2) is 24.3 Å². The van der Waals surface area contributed by atoms with E-state index in [1.165, 1.54) is 31.6 Å². The minimum Gasteiger partial charge on any atom is -0.480 e. The van der Waals surface area contributed by atoms with Crippen molar-refractivity contribution in [1.29, 1.82) is 0 Å². The van der Waals surface area contributed by atoms with Crippen LogP contribution < -0.4 is 13.9 Å². The first-order valence-electron chi connectivity index (χ1n) is 9.56. The molecule has 11 heteroatoms. The van der Waals surface area contributed by atoms with Gasteiger partial charge in [-0.3, -0.25) is 0 Å². The van der Waals surface area contributed by atoms with E-state index in [-0.39, 0.29) is 31.0 Å². The summed E-state index contributed by atoms with van der Waals surface area (Å²) in [5, 5.41) is 23.1. The van der Waals surface area contributed by atoms with E-state index in [0.29, 0.717) is 24.9 Å². The van der Waals surface area contributed by atoms with Gasteiger partial charge in [-0.1, -0.05) is 0 Å². The van der Waals surface area contributed by atoms with E-state index >= 15 is 0 Å². The molecule has 0 spiro atoms. The van der Waals surface area contributed by atoms with Crippen LogP contribution in [0.5, 0.6) is 0 Å². The Kier molecular flexibility index (Phi) is 11.7. The number of hydrogen-bond acceptors (Lipinski definition) is 6. The number of ketones is 1. The molecule has 0 saturated heterocycles. The summed E-state index contributed by atoms with van der Waals surface area (Å²) in [4.78, 5) is 57.4. The van der Waals surface area contributed by atoms with Gasteiger partial charge in [0, 0.05) is 6.42 Å². The van der Waals surface area contributed by atoms with Crippen LogP contribution in [-0.2, 0) is 19.1 Å². The molecule has 0 radical (unpaired) electrons. The van der Waals surface area contributed by atoms with Crippen molar-refractivity contribution in [3.05, 3.63) is 29.8 Å². The number of nitrogens with one attached hydrogen (secondary N) is 2. The van der Waals surface area contributed by atoms with Crippen LogP contribution in [-0.4, -0.2) is 58.6 Å². The number of ether oxygens (including phenoxy) is 1. The Morgan fingerprint density at radius 2 is 1.65 bits per heavy atom. The van der Waals surface area contributed by atoms with Crippen LogP contribution in [0, 0.1) is 24.7 Å². The number of carboxylic acids is 2. The molecule has 1 aromatic carbocycles. The average molecular weight is 632 g/mol. The second-order valence-corrected chi connectivity index (χ2v) is 8.46. The van der Waals surface area contributed by atoms with Gasteiger partial charge in [0.1, 0.15) is 11.8 Å². The first kappa shape index (κ1) is 26.5. The Balaban J connectivity index is 2.41. The topological polar surface area (TPSA) is 159 Å². The first-order chi connectivity index (χ1) is 14.6. The summed E-state index contributed by atoms with van der Waals surface area (Å²) >= 11 is 1.51. The van der Waals surface area contributed by atoms with Gasteiger partial charge in [0.05, 0.1) is 0 Å². The number of benzene rings is 1. The zero-order valence-corrected chi connectivity index (χ0v) is 19.9. The molecule has 4 N–H and O–H groups in total. The molecule has 0 aromatic heterocycles. The predicted molar refractivity (Wildman–Crippen MR) is 105 cm³/mol. The van der Waals surface area contributed by atoms with Gasteiger partial charge in [0.25, 0.3) is 0 Å². The Labute approximate surface area is 194 Å². The molecule has 0 unspecified atom stereocenters. The van der Waals surface area contributed by atoms with E-state index in [2.05, 4.69) is 10.6 Å². The van der Waals surface area contributed by atoms with Crippen molar-refractivity contribution in [2.75, 3.05) is 6.54 Å². The van der Waals surface area contributed by atoms with E-state index in [1.54, 1.807) is 12.1 Å². The number of rotatable bonds is 13. The number of carbonyl (C=O) groups is 5. The smallest absolute Gasteiger partial charge is 0.480 e. The average Bonchev–Trinajstić information content (AvgIpc) is 2.69. The molecule has 10 nitrogen and oxygen atoms in total. The SMILES string of the molecule is CC(=O)CC[C@H](NC(=O)O[C@@H](CCCCNC(=O)c1ccc([211At])cc1)C(=O)O)C(=O)O. The van der Waals surface area contributed by atoms with Crippen molar-refractivity contribution in [2.24, 2.45) is 0 Å². The maximum atomic E-state index is 12.0. The van der Waals surface area contributed by atoms with Crippen LogP contribution in [0.1, 0.15) is 49.4 Å². The van der Waals surface area contributed by atoms with Crippen molar-refractivity contribution < 1.29 is 63.6 Å². The Hall–Kier alpha value is -2.55. The number of carboxylic acid groups (broad SMARTS) is 2. The Morgan fingerprint density at radius 3 is 2.19 bits per heavy atom. The summed E-state index contributed by atoms with van der Waals surface area (Å²) < 4.78 is 5.92. The molecule has 0 aliphatic carbocycles. The van der Waals surface area contributed by atoms with E-state index in [4.69, 9.17) is 9.84 Å². The molecule has 1 rings (SSSR count). The number of hydrogen-bond donors (Lipinski definition) is 4. The first-order valence-corrected chi connectivity index (χ1v) is 11.0. The monoisotopic (exact) mass is 632 g/mol. The van der Waals surface area contributed by atoms with Crippen LogP contribution in [0.2, 0.25) is 0 Å². The molecule has 0 aliphatic heterocycles. The third-order valence-corrected chi connectivity index (χ3v) is 5.16. The van der Waals surface area contributed by atoms with Gasteiger partial charge in [-0.2, -0.15) is 0 Å². The van der Waals surface area contributed by atoms with Crippen molar-refractivity contribution in [3.8, 4) is 0 Å². The Morgan fingerprint density at radius 1 is 1.00 bits per heavy atom. The summed E-state index contributed by atoms with van der Waals surface area (Å²) in [7, 11) is 0. The minimum atomic E-state index is -1.46. The van der Waals surface area contributed by atoms with Crippen LogP contribution in [0.3, 0.4) is 0 Å². The number of alkyl carbamates (subject to hydrolysis) is 1. The quantitative estimate of drug-likeness (QED) is 0.232. The second-order valence-electron chi connectivity index (χ2n) is 6.77. The second kappa shape index (κ2) is 13.7. The van der Waals surface area contributed by atoms with Gasteiger partial charge in [-0.15, -0.1) is 0 Å². The fourth-order valence-electron chi connectivity index (χ4n) is 2.50. The number of amides is 2. The van der Waals surface area contributed by atoms with Gasteiger partial charge in [-0.25, -0.2) is 14.4 Å². The molecule has 2 amide bonds. The molecular weight excluding hydrogens is 607 g/mol. The molecule has 1 aromatic rings. The summed E-state index contributed by atoms with van der Waals surface area (Å²) in [5.41, 5.74) is 0.529. The van der Waals surface area contributed by atoms with Gasteiger partial charge in [-0.05, 0) is 13.3 Å². The van der Waals surface area contributed by atoms with E-state index in [9.17, 15) is 29.1 Å². The van der Waals surface area contributed by atoms with E-state index in [0.717, 1.165) is 3.27 Å². The van der Waals surface area contributed by atoms with Gasteiger partial charge < -0.3 is 20.3 Å². The molecule has 0 fully saturated rings. The summed E-state index contributed by atoms with van der Waals surface area (Å²) in [6.07, 6.45) is -2.00. The molecule has 2 atom stereocenters. The number of Topliss-reactive ketones (excluding diaryl/α,β-unsaturated/α-hetero) is 1. The third-order valence-electron chi connectivity index (χ3n) is 4.19. The standard InChI is InChI=1S/C20H25AtN2O8/c1-12(24)5-10-15(18(26)27)23-20(30)31-16(19(28)29)4-2-3-11-22-17(25)13-6-8-14(21)9-7-13/h6-9,15-16H,2-5,10-11H2,1H3,(H,22,25)(H,23,30)(H,26,27)(H,28,29)/t15-,16-/m0/s1/i21+1. The van der Waals surface area contributed by atoms with E-state index < -0.39 is 30.2 Å². The van der Waals surface area contributed by atoms with Gasteiger partial charge in [0.15, 0.2) is 0 Å². The van der Waals surface area contributed by atoms with Gasteiger partial charge in [0.2, 0.25) is 0 Å². The van der Waals surface area contributed by atoms with Crippen LogP contribution in [0.25, 0.3) is 0 Å². The fraction of sp³-hybridized carbons (Fsp3) is 0.450. The Bertz CT molecular complexity index is 797. The normalized spacial score (nSPS) is 12.3. The number of carbonyl (C=O) groups excluding carboxylic acids is 3. The zero-order valence-electron chi connectivity index (χ0n) is 16.9. The third kappa shape index (κ3) is 10.9. The van der Waals surface area contributed by atoms with Crippen molar-refractivity contribution >= 4 is 33.0 Å². The van der Waals surface area contributed by atoms with E-state index in [1.807, 2.05) is 12.1 Å². The molecule has 170 valence electrons. The minimum absolute atomic E-state index is 0.00378. The molecular formula is C20H25AtN2O8. The summed E-state index contributed by atoms with van der Waals surface area (Å²) in [5.74, 6) is -3.19. The zero-order chi connectivity index (χ0) is 23.4. The van der Waals surface area contributed by atoms with Crippen molar-refractivity contribution in [1.82, 2.24) is 10.6 Å². The molecule has 0 bridgehead atoms. The molecule has 31 heavy (non-hydrogen) atoms. The number of aliphatic carboxylic acids is 2. The number of unbranched alkanes of at least 4 members (excludes halogenated alkanes) is 1. The van der Waals surface area contributed by atoms with Crippen LogP contribution in [0.4, 0.5) is 4.79 Å². The molecule has 0 saturated carbocycles.